The van der Waals surface area contributed by atoms with Gasteiger partial charge in [-0.15, -0.1) is 0 Å². The van der Waals surface area contributed by atoms with E-state index in [0.717, 1.165) is 0 Å². The van der Waals surface area contributed by atoms with Crippen molar-refractivity contribution in [2.24, 2.45) is 28.7 Å². The van der Waals surface area contributed by atoms with Crippen molar-refractivity contribution >= 4 is 0 Å². The zero-order chi connectivity index (χ0) is 27.2. The molecule has 37 heavy (non-hydrogen) atoms. The highest BCUT2D eigenvalue weighted by atomic mass is 16.8. The molecule has 10 unspecified atom stereocenters. The van der Waals surface area contributed by atoms with Crippen LogP contribution >= 0.6 is 0 Å². The minimum absolute atomic E-state index is 0.197. The molecule has 0 amide bonds. The van der Waals surface area contributed by atoms with Gasteiger partial charge in [0.1, 0.15) is 30.5 Å². The molecular weight excluding hydrogens is 496 g/mol. The average Bonchev–Trinajstić information content (AvgIpc) is 2.86. The second-order valence-electron chi connectivity index (χ2n) is 10.4. The Bertz CT molecular complexity index is 757. The first-order valence-electron chi connectivity index (χ1n) is 12.5. The van der Waals surface area contributed by atoms with Crippen LogP contribution in [0.5, 0.6) is 0 Å². The van der Waals surface area contributed by atoms with Crippen LogP contribution in [0.25, 0.3) is 0 Å². The quantitative estimate of drug-likeness (QED) is 0.150. The predicted molar refractivity (Wildman–Crippen MR) is 125 cm³/mol. The van der Waals surface area contributed by atoms with Crippen molar-refractivity contribution in [2.45, 2.75) is 117 Å². The van der Waals surface area contributed by atoms with Gasteiger partial charge in [-0.1, -0.05) is 0 Å². The van der Waals surface area contributed by atoms with Gasteiger partial charge >= 0.3 is 0 Å². The molecule has 216 valence electrons. The van der Waals surface area contributed by atoms with Gasteiger partial charge in [0.2, 0.25) is 0 Å². The summed E-state index contributed by atoms with van der Waals surface area (Å²) in [4.78, 5) is 0. The Morgan fingerprint density at radius 1 is 0.730 bits per heavy atom. The molecule has 0 aromatic heterocycles. The van der Waals surface area contributed by atoms with E-state index in [1.165, 1.54) is 0 Å². The molecule has 16 heteroatoms. The number of likely N-dealkylation sites (N-methyl/N-ethyl adjacent to an activating group) is 1. The molecule has 0 spiro atoms. The van der Waals surface area contributed by atoms with Crippen molar-refractivity contribution in [3.05, 3.63) is 0 Å². The Kier molecular flexibility index (Phi) is 9.40. The molecule has 16 N–H and O–H groups in total. The summed E-state index contributed by atoms with van der Waals surface area (Å²) in [6, 6.07) is -4.56. The average molecular weight is 539 g/mol. The lowest BCUT2D eigenvalue weighted by atomic mass is 9.83. The highest BCUT2D eigenvalue weighted by Gasteiger charge is 2.54. The van der Waals surface area contributed by atoms with Gasteiger partial charge in [0, 0.05) is 12.1 Å². The number of aliphatic hydroxyl groups is 5. The number of fused-ring (bicyclic) bond motifs is 1. The molecule has 3 saturated heterocycles. The molecule has 0 bridgehead atoms. The van der Waals surface area contributed by atoms with Crippen LogP contribution in [0.2, 0.25) is 0 Å². The van der Waals surface area contributed by atoms with E-state index in [1.807, 2.05) is 0 Å². The maximum Gasteiger partial charge on any atom is 0.189 e. The molecular formula is C21H42N6O10. The summed E-state index contributed by atoms with van der Waals surface area (Å²) in [5.74, 6) is 0. The largest absolute Gasteiger partial charge is 0.394 e. The van der Waals surface area contributed by atoms with Crippen molar-refractivity contribution in [1.82, 2.24) is 5.32 Å². The van der Waals surface area contributed by atoms with E-state index in [1.54, 1.807) is 7.05 Å². The lowest BCUT2D eigenvalue weighted by Gasteiger charge is -2.51. The van der Waals surface area contributed by atoms with E-state index >= 15 is 0 Å². The van der Waals surface area contributed by atoms with Crippen LogP contribution in [0, 0.1) is 0 Å². The first-order chi connectivity index (χ1) is 17.5. The summed E-state index contributed by atoms with van der Waals surface area (Å²) in [6.07, 6.45) is -11.5. The van der Waals surface area contributed by atoms with Crippen molar-refractivity contribution in [2.75, 3.05) is 13.7 Å². The number of nitrogens with two attached hydrogens (primary N) is 5. The lowest BCUT2D eigenvalue weighted by Crippen LogP contribution is -2.70. The molecule has 1 saturated carbocycles. The minimum Gasteiger partial charge on any atom is -0.394 e. The molecule has 17 atom stereocenters. The van der Waals surface area contributed by atoms with Crippen LogP contribution in [0.4, 0.5) is 0 Å². The van der Waals surface area contributed by atoms with Crippen LogP contribution in [-0.4, -0.2) is 143 Å². The standard InChI is InChI=1S/C21H42N6O10/c1-27-12-15(31)18-8(33-20(12)37-21-16(32)14(30)10(25)9(4-28)34-21)3-7(24)19(36-18)35-17-6(23)2-5(22)13(29)11(17)26/h5-21,27-32H,2-4,22-26H2,1H3/t5-,6?,7?,8+,9?,10-,11-,12?,13?,14?,15?,16?,17-,18?,19+,20?,21-/m1/s1. The topological polar surface area (TPSA) is 289 Å². The summed E-state index contributed by atoms with van der Waals surface area (Å²) < 4.78 is 29.4. The van der Waals surface area contributed by atoms with Crippen molar-refractivity contribution in [3.8, 4) is 0 Å². The summed E-state index contributed by atoms with van der Waals surface area (Å²) in [5.41, 5.74) is 30.3. The van der Waals surface area contributed by atoms with Gasteiger partial charge in [0.05, 0.1) is 49.1 Å². The van der Waals surface area contributed by atoms with Gasteiger partial charge in [0.25, 0.3) is 0 Å². The van der Waals surface area contributed by atoms with Crippen LogP contribution < -0.4 is 34.0 Å². The van der Waals surface area contributed by atoms with E-state index < -0.39 is 111 Å². The van der Waals surface area contributed by atoms with Crippen LogP contribution in [-0.2, 0) is 23.7 Å². The zero-order valence-corrected chi connectivity index (χ0v) is 20.6. The molecule has 4 rings (SSSR count). The molecule has 4 fully saturated rings. The molecule has 0 aromatic carbocycles. The molecule has 0 aromatic rings. The Labute approximate surface area is 214 Å². The summed E-state index contributed by atoms with van der Waals surface area (Å²) in [5, 5.41) is 54.5. The smallest absolute Gasteiger partial charge is 0.189 e. The van der Waals surface area contributed by atoms with E-state index in [9.17, 15) is 25.5 Å². The second-order valence-corrected chi connectivity index (χ2v) is 10.4. The minimum atomic E-state index is -1.52. The molecule has 16 nitrogen and oxygen atoms in total. The lowest BCUT2D eigenvalue weighted by molar-refractivity contribution is -0.372. The van der Waals surface area contributed by atoms with Gasteiger partial charge in [-0.2, -0.15) is 0 Å². The Balaban J connectivity index is 1.43. The number of rotatable bonds is 6. The third kappa shape index (κ3) is 5.66. The van der Waals surface area contributed by atoms with E-state index in [-0.39, 0.29) is 6.42 Å². The summed E-state index contributed by atoms with van der Waals surface area (Å²) >= 11 is 0. The normalized spacial score (nSPS) is 55.1. The van der Waals surface area contributed by atoms with Gasteiger partial charge in [-0.05, 0) is 19.9 Å². The summed E-state index contributed by atoms with van der Waals surface area (Å²) in [7, 11) is 1.57. The van der Waals surface area contributed by atoms with Crippen molar-refractivity contribution in [1.29, 1.82) is 0 Å². The maximum absolute atomic E-state index is 11.2. The van der Waals surface area contributed by atoms with Crippen LogP contribution in [0.15, 0.2) is 0 Å². The molecule has 3 aliphatic heterocycles. The fourth-order valence-electron chi connectivity index (χ4n) is 5.53. The molecule has 4 aliphatic rings. The van der Waals surface area contributed by atoms with Crippen molar-refractivity contribution < 1.29 is 49.2 Å². The Morgan fingerprint density at radius 2 is 1.43 bits per heavy atom. The fourth-order valence-corrected chi connectivity index (χ4v) is 5.53. The van der Waals surface area contributed by atoms with Crippen LogP contribution in [0.1, 0.15) is 12.8 Å². The zero-order valence-electron chi connectivity index (χ0n) is 20.6. The first-order valence-corrected chi connectivity index (χ1v) is 12.5. The number of hydrogen-bond acceptors (Lipinski definition) is 16. The monoisotopic (exact) mass is 538 g/mol. The van der Waals surface area contributed by atoms with Crippen molar-refractivity contribution in [3.63, 3.8) is 0 Å². The fraction of sp³-hybridized carbons (Fsp3) is 1.00. The molecule has 3 heterocycles. The summed E-state index contributed by atoms with van der Waals surface area (Å²) in [6.45, 7) is -0.500. The number of hydrogen-bond donors (Lipinski definition) is 11. The van der Waals surface area contributed by atoms with E-state index in [0.29, 0.717) is 6.42 Å². The van der Waals surface area contributed by atoms with Gasteiger partial charge in [-0.3, -0.25) is 0 Å². The molecule has 1 aliphatic carbocycles. The van der Waals surface area contributed by atoms with E-state index in [4.69, 9.17) is 52.4 Å². The highest BCUT2D eigenvalue weighted by molar-refractivity contribution is 5.02. The number of aliphatic hydroxyl groups excluding tert-OH is 5. The third-order valence-corrected chi connectivity index (χ3v) is 7.83. The second kappa shape index (κ2) is 11.8. The van der Waals surface area contributed by atoms with Gasteiger partial charge < -0.3 is 83.2 Å². The third-order valence-electron chi connectivity index (χ3n) is 7.83. The highest BCUT2D eigenvalue weighted by Crippen LogP contribution is 2.35. The number of ether oxygens (including phenoxy) is 5. The SMILES string of the molecule is CNC1C(O[C@H]2OC(CO)[C@@H](N)C(O)C2O)O[C@H]2CC(N)[C@@H](O[C@@H]3C(N)C[C@@H](N)C(O)[C@H]3N)OC2C1O. The Morgan fingerprint density at radius 3 is 2.08 bits per heavy atom. The number of nitrogens with one attached hydrogen (secondary N) is 1. The van der Waals surface area contributed by atoms with Crippen LogP contribution in [0.3, 0.4) is 0 Å². The van der Waals surface area contributed by atoms with Gasteiger partial charge in [0.15, 0.2) is 18.9 Å². The van der Waals surface area contributed by atoms with E-state index in [2.05, 4.69) is 5.32 Å². The Hall–Kier alpha value is -0.640. The maximum atomic E-state index is 11.2. The predicted octanol–water partition coefficient (Wildman–Crippen LogP) is -6.98. The molecule has 0 radical (unpaired) electrons. The van der Waals surface area contributed by atoms with Gasteiger partial charge in [-0.25, -0.2) is 0 Å². The first kappa shape index (κ1) is 29.3.